The summed E-state index contributed by atoms with van der Waals surface area (Å²) >= 11 is 5.98. The second kappa shape index (κ2) is 8.90. The van der Waals surface area contributed by atoms with Gasteiger partial charge in [0.2, 0.25) is 5.91 Å². The van der Waals surface area contributed by atoms with Crippen LogP contribution in [0.3, 0.4) is 0 Å². The van der Waals surface area contributed by atoms with Crippen molar-refractivity contribution in [3.8, 4) is 17.3 Å². The minimum absolute atomic E-state index is 0.0180. The monoisotopic (exact) mass is 521 g/mol. The molecule has 2 aromatic carbocycles. The number of benzene rings is 2. The number of carbonyl (C=O) groups excluding carboxylic acids is 3. The molecule has 2 aliphatic heterocycles. The Labute approximate surface area is 216 Å². The summed E-state index contributed by atoms with van der Waals surface area (Å²) in [6.07, 6.45) is 0. The van der Waals surface area contributed by atoms with Crippen molar-refractivity contribution in [2.75, 3.05) is 25.0 Å². The topological polar surface area (TPSA) is 137 Å². The number of aromatic nitrogens is 2. The van der Waals surface area contributed by atoms with Crippen molar-refractivity contribution in [2.24, 2.45) is 5.73 Å². The smallest absolute Gasteiger partial charge is 0.322 e. The summed E-state index contributed by atoms with van der Waals surface area (Å²) in [4.78, 5) is 41.1. The zero-order valence-corrected chi connectivity index (χ0v) is 20.4. The molecule has 4 amide bonds. The molecule has 1 spiro atoms. The molecule has 0 saturated carbocycles. The molecule has 188 valence electrons. The van der Waals surface area contributed by atoms with Gasteiger partial charge < -0.3 is 20.9 Å². The first-order valence-electron chi connectivity index (χ1n) is 11.3. The lowest BCUT2D eigenvalue weighted by atomic mass is 9.86. The number of nitrogens with one attached hydrogen (secondary N) is 1. The molecule has 2 aliphatic rings. The molecule has 3 N–H and O–H groups in total. The molecule has 1 fully saturated rings. The zero-order valence-electron chi connectivity index (χ0n) is 19.7. The van der Waals surface area contributed by atoms with E-state index in [2.05, 4.69) is 10.4 Å². The summed E-state index contributed by atoms with van der Waals surface area (Å²) in [5, 5.41) is 16.4. The van der Waals surface area contributed by atoms with E-state index < -0.39 is 23.3 Å². The number of hydrogen-bond acceptors (Lipinski definition) is 5. The summed E-state index contributed by atoms with van der Waals surface area (Å²) in [7, 11) is 0. The van der Waals surface area contributed by atoms with Gasteiger partial charge in [-0.1, -0.05) is 11.6 Å². The summed E-state index contributed by atoms with van der Waals surface area (Å²) < 4.78 is 15.5. The lowest BCUT2D eigenvalue weighted by Gasteiger charge is -2.54. The molecule has 12 heteroatoms. The van der Waals surface area contributed by atoms with Crippen LogP contribution in [-0.4, -0.2) is 57.1 Å². The van der Waals surface area contributed by atoms with Gasteiger partial charge in [-0.2, -0.15) is 10.4 Å². The van der Waals surface area contributed by atoms with Crippen molar-refractivity contribution < 1.29 is 18.8 Å². The third kappa shape index (κ3) is 4.15. The number of likely N-dealkylation sites (tertiary alicyclic amines) is 1. The number of amides is 4. The average molecular weight is 522 g/mol. The Morgan fingerprint density at radius 2 is 1.81 bits per heavy atom. The highest BCUT2D eigenvalue weighted by Crippen LogP contribution is 2.40. The number of urea groups is 1. The fourth-order valence-electron chi connectivity index (χ4n) is 4.85. The van der Waals surface area contributed by atoms with E-state index in [1.165, 1.54) is 30.0 Å². The van der Waals surface area contributed by atoms with Gasteiger partial charge in [-0.25, -0.2) is 9.18 Å². The van der Waals surface area contributed by atoms with Crippen molar-refractivity contribution in [3.63, 3.8) is 0 Å². The largest absolute Gasteiger partial charge is 0.365 e. The maximum atomic E-state index is 13.8. The number of carbonyl (C=O) groups is 3. The maximum Gasteiger partial charge on any atom is 0.322 e. The van der Waals surface area contributed by atoms with Crippen LogP contribution in [0.25, 0.3) is 11.3 Å². The molecule has 0 atom stereocenters. The Hall–Kier alpha value is -4.43. The molecular formula is C25H21ClFN7O3. The van der Waals surface area contributed by atoms with E-state index >= 15 is 0 Å². The molecule has 10 nitrogen and oxygen atoms in total. The molecule has 37 heavy (non-hydrogen) atoms. The summed E-state index contributed by atoms with van der Waals surface area (Å²) in [5.41, 5.74) is 7.06. The molecule has 0 bridgehead atoms. The normalized spacial score (nSPS) is 15.5. The number of anilines is 1. The maximum absolute atomic E-state index is 13.8. The Morgan fingerprint density at radius 1 is 1.14 bits per heavy atom. The number of nitrogens with two attached hydrogens (primary N) is 1. The van der Waals surface area contributed by atoms with Gasteiger partial charge in [0.25, 0.3) is 5.91 Å². The molecule has 3 heterocycles. The molecule has 1 aromatic heterocycles. The molecule has 5 rings (SSSR count). The lowest BCUT2D eigenvalue weighted by Crippen LogP contribution is -2.70. The van der Waals surface area contributed by atoms with Crippen LogP contribution in [-0.2, 0) is 16.9 Å². The van der Waals surface area contributed by atoms with E-state index in [-0.39, 0.29) is 48.4 Å². The van der Waals surface area contributed by atoms with Crippen LogP contribution in [0.15, 0.2) is 42.5 Å². The Morgan fingerprint density at radius 3 is 2.41 bits per heavy atom. The first-order chi connectivity index (χ1) is 17.6. The molecule has 1 saturated heterocycles. The second-order valence-electron chi connectivity index (χ2n) is 9.15. The van der Waals surface area contributed by atoms with Gasteiger partial charge in [-0.15, -0.1) is 0 Å². The number of fused-ring (bicyclic) bond motifs is 2. The molecule has 3 aromatic rings. The van der Waals surface area contributed by atoms with Gasteiger partial charge in [-0.3, -0.25) is 14.3 Å². The SMILES string of the molecule is CC(=O)N1CC2(C1)CN(C(=O)Nc1ccc(C#N)cc1)Cc1c(C(N)=O)c(-c3ccc(F)c(Cl)c3)nn12. The second-order valence-corrected chi connectivity index (χ2v) is 9.56. The van der Waals surface area contributed by atoms with Crippen LogP contribution >= 0.6 is 11.6 Å². The minimum Gasteiger partial charge on any atom is -0.365 e. The summed E-state index contributed by atoms with van der Waals surface area (Å²) in [6, 6.07) is 12.0. The fourth-order valence-corrected chi connectivity index (χ4v) is 5.03. The fraction of sp³-hybridized carbons (Fsp3) is 0.240. The Kier molecular flexibility index (Phi) is 5.84. The highest BCUT2D eigenvalue weighted by molar-refractivity contribution is 6.31. The predicted octanol–water partition coefficient (Wildman–Crippen LogP) is 2.92. The quantitative estimate of drug-likeness (QED) is 0.546. The van der Waals surface area contributed by atoms with Crippen molar-refractivity contribution in [1.29, 1.82) is 5.26 Å². The predicted molar refractivity (Wildman–Crippen MR) is 132 cm³/mol. The highest BCUT2D eigenvalue weighted by atomic mass is 35.5. The third-order valence-electron chi connectivity index (χ3n) is 6.66. The van der Waals surface area contributed by atoms with Crippen molar-refractivity contribution in [1.82, 2.24) is 19.6 Å². The Bertz CT molecular complexity index is 1490. The summed E-state index contributed by atoms with van der Waals surface area (Å²) in [6.45, 7) is 2.24. The van der Waals surface area contributed by atoms with Gasteiger partial charge in [-0.05, 0) is 42.5 Å². The average Bonchev–Trinajstić information content (AvgIpc) is 3.24. The van der Waals surface area contributed by atoms with Crippen LogP contribution in [0.5, 0.6) is 0 Å². The minimum atomic E-state index is -0.784. The number of nitriles is 1. The van der Waals surface area contributed by atoms with E-state index in [0.29, 0.717) is 22.5 Å². The van der Waals surface area contributed by atoms with E-state index in [4.69, 9.17) is 22.6 Å². The van der Waals surface area contributed by atoms with Gasteiger partial charge >= 0.3 is 6.03 Å². The number of primary amides is 1. The number of hydrogen-bond donors (Lipinski definition) is 2. The van der Waals surface area contributed by atoms with Gasteiger partial charge in [0.15, 0.2) is 0 Å². The van der Waals surface area contributed by atoms with Crippen molar-refractivity contribution in [2.45, 2.75) is 19.0 Å². The number of rotatable bonds is 3. The molecular weight excluding hydrogens is 501 g/mol. The standard InChI is InChI=1S/C25H21ClFN7O3/c1-14(35)33-12-25(13-33)11-32(24(37)30-17-5-2-15(9-28)3-6-17)10-20-21(23(29)36)22(31-34(20)25)16-4-7-19(27)18(26)8-16/h2-8H,10-13H2,1H3,(H2,29,36)(H,30,37). The van der Waals surface area contributed by atoms with Crippen LogP contribution < -0.4 is 11.1 Å². The number of halogens is 2. The van der Waals surface area contributed by atoms with Crippen molar-refractivity contribution in [3.05, 3.63) is 70.1 Å². The first-order valence-corrected chi connectivity index (χ1v) is 11.7. The zero-order chi connectivity index (χ0) is 26.5. The van der Waals surface area contributed by atoms with Gasteiger partial charge in [0, 0.05) is 31.3 Å². The highest BCUT2D eigenvalue weighted by Gasteiger charge is 2.53. The van der Waals surface area contributed by atoms with Crippen LogP contribution in [0.1, 0.15) is 28.5 Å². The number of nitrogens with zero attached hydrogens (tertiary/aromatic N) is 5. The first kappa shape index (κ1) is 24.3. The molecule has 0 radical (unpaired) electrons. The van der Waals surface area contributed by atoms with Crippen molar-refractivity contribution >= 4 is 35.1 Å². The van der Waals surface area contributed by atoms with Gasteiger partial charge in [0.1, 0.15) is 17.1 Å². The van der Waals surface area contributed by atoms with Gasteiger partial charge in [0.05, 0.1) is 41.0 Å². The molecule has 0 aliphatic carbocycles. The molecule has 0 unspecified atom stereocenters. The van der Waals surface area contributed by atoms with Crippen LogP contribution in [0, 0.1) is 17.1 Å². The summed E-state index contributed by atoms with van der Waals surface area (Å²) in [5.74, 6) is -1.50. The van der Waals surface area contributed by atoms with Crippen LogP contribution in [0.2, 0.25) is 5.02 Å². The van der Waals surface area contributed by atoms with E-state index in [1.54, 1.807) is 33.8 Å². The van der Waals surface area contributed by atoms with E-state index in [0.717, 1.165) is 0 Å². The van der Waals surface area contributed by atoms with Crippen LogP contribution in [0.4, 0.5) is 14.9 Å². The van der Waals surface area contributed by atoms with E-state index in [1.807, 2.05) is 6.07 Å². The Balaban J connectivity index is 1.56. The third-order valence-corrected chi connectivity index (χ3v) is 6.95. The van der Waals surface area contributed by atoms with E-state index in [9.17, 15) is 18.8 Å². The lowest BCUT2D eigenvalue weighted by molar-refractivity contribution is -0.142.